The van der Waals surface area contributed by atoms with Crippen molar-refractivity contribution in [1.29, 1.82) is 0 Å². The third-order valence-electron chi connectivity index (χ3n) is 5.36. The average Bonchev–Trinajstić information content (AvgIpc) is 3.47. The molecule has 4 aromatic heterocycles. The van der Waals surface area contributed by atoms with Gasteiger partial charge in [0, 0.05) is 36.1 Å². The van der Waals surface area contributed by atoms with E-state index in [1.54, 1.807) is 61.8 Å². The number of imidazole rings is 1. The Labute approximate surface area is 201 Å². The predicted molar refractivity (Wildman–Crippen MR) is 132 cm³/mol. The van der Waals surface area contributed by atoms with Crippen LogP contribution in [0.1, 0.15) is 12.7 Å². The molecule has 3 N–H and O–H groups in total. The Hall–Kier alpha value is -4.09. The number of rotatable bonds is 7. The van der Waals surface area contributed by atoms with Crippen molar-refractivity contribution in [3.63, 3.8) is 0 Å². The maximum absolute atomic E-state index is 13.1. The number of aliphatic hydroxyl groups excluding tert-OH is 1. The Morgan fingerprint density at radius 3 is 2.69 bits per heavy atom. The molecule has 0 aliphatic carbocycles. The zero-order valence-electron chi connectivity index (χ0n) is 19.0. The van der Waals surface area contributed by atoms with E-state index in [9.17, 15) is 13.5 Å². The first-order valence-corrected chi connectivity index (χ1v) is 12.4. The molecule has 0 aliphatic rings. The predicted octanol–water partition coefficient (Wildman–Crippen LogP) is 3.22. The molecular formula is C24H23N7O3S. The number of aromatic nitrogens is 6. The highest BCUT2D eigenvalue weighted by Gasteiger charge is 2.21. The first-order chi connectivity index (χ1) is 16.8. The molecule has 1 aromatic carbocycles. The van der Waals surface area contributed by atoms with Crippen LogP contribution in [0.3, 0.4) is 0 Å². The zero-order valence-corrected chi connectivity index (χ0v) is 19.9. The lowest BCUT2D eigenvalue weighted by molar-refractivity contribution is 0.208. The fourth-order valence-electron chi connectivity index (χ4n) is 3.74. The van der Waals surface area contributed by atoms with Crippen molar-refractivity contribution in [2.75, 3.05) is 11.9 Å². The van der Waals surface area contributed by atoms with E-state index in [0.717, 1.165) is 0 Å². The molecule has 0 fully saturated rings. The minimum atomic E-state index is -3.77. The maximum Gasteiger partial charge on any atom is 0.269 e. The van der Waals surface area contributed by atoms with E-state index in [1.165, 1.54) is 10.2 Å². The lowest BCUT2D eigenvalue weighted by atomic mass is 10.1. The van der Waals surface area contributed by atoms with Gasteiger partial charge in [-0.2, -0.15) is 0 Å². The molecule has 11 heteroatoms. The van der Waals surface area contributed by atoms with Crippen LogP contribution in [0.15, 0.2) is 72.0 Å². The fourth-order valence-corrected chi connectivity index (χ4v) is 5.07. The molecule has 0 radical (unpaired) electrons. The largest absolute Gasteiger partial charge is 0.392 e. The van der Waals surface area contributed by atoms with Crippen molar-refractivity contribution < 1.29 is 13.5 Å². The van der Waals surface area contributed by atoms with Gasteiger partial charge >= 0.3 is 0 Å². The minimum absolute atomic E-state index is 0.192. The highest BCUT2D eigenvalue weighted by Crippen LogP contribution is 2.31. The number of H-pyrrole nitrogens is 1. The lowest BCUT2D eigenvalue weighted by Crippen LogP contribution is -2.16. The molecule has 10 nitrogen and oxygen atoms in total. The number of aryl methyl sites for hydroxylation is 1. The lowest BCUT2D eigenvalue weighted by Gasteiger charge is -2.09. The SMILES string of the molecule is Cc1nc(-c2cnc3c(ccn3S(=O)(=O)c3ccccc3)c2)c(-c2ccnc(NC[C@H](C)O)n2)[nH]1. The van der Waals surface area contributed by atoms with E-state index < -0.39 is 16.1 Å². The van der Waals surface area contributed by atoms with E-state index in [-0.39, 0.29) is 4.90 Å². The second-order valence-corrected chi connectivity index (χ2v) is 9.92. The molecule has 0 spiro atoms. The van der Waals surface area contributed by atoms with Crippen LogP contribution >= 0.6 is 0 Å². The summed E-state index contributed by atoms with van der Waals surface area (Å²) >= 11 is 0. The summed E-state index contributed by atoms with van der Waals surface area (Å²) < 4.78 is 27.4. The summed E-state index contributed by atoms with van der Waals surface area (Å²) in [4.78, 5) is 21.3. The number of hydrogen-bond donors (Lipinski definition) is 3. The van der Waals surface area contributed by atoms with Gasteiger partial charge in [-0.3, -0.25) is 0 Å². The third kappa shape index (κ3) is 4.38. The Balaban J connectivity index is 1.54. The molecule has 5 rings (SSSR count). The second-order valence-electron chi connectivity index (χ2n) is 8.11. The number of anilines is 1. The Kier molecular flexibility index (Phi) is 5.79. The van der Waals surface area contributed by atoms with E-state index >= 15 is 0 Å². The first-order valence-electron chi connectivity index (χ1n) is 10.9. The van der Waals surface area contributed by atoms with Crippen LogP contribution in [0.4, 0.5) is 5.95 Å². The number of aliphatic hydroxyl groups is 1. The number of hydrogen-bond acceptors (Lipinski definition) is 8. The van der Waals surface area contributed by atoms with Crippen molar-refractivity contribution in [1.82, 2.24) is 28.9 Å². The van der Waals surface area contributed by atoms with Gasteiger partial charge in [0.25, 0.3) is 10.0 Å². The van der Waals surface area contributed by atoms with E-state index in [1.807, 2.05) is 13.0 Å². The van der Waals surface area contributed by atoms with Crippen molar-refractivity contribution in [3.8, 4) is 22.6 Å². The van der Waals surface area contributed by atoms with Gasteiger partial charge in [0.1, 0.15) is 5.82 Å². The van der Waals surface area contributed by atoms with Crippen molar-refractivity contribution in [3.05, 3.63) is 72.9 Å². The summed E-state index contributed by atoms with van der Waals surface area (Å²) in [6.07, 6.45) is 4.20. The molecule has 0 unspecified atom stereocenters. The molecule has 0 saturated carbocycles. The molecule has 178 valence electrons. The van der Waals surface area contributed by atoms with Crippen LogP contribution < -0.4 is 5.32 Å². The molecule has 35 heavy (non-hydrogen) atoms. The van der Waals surface area contributed by atoms with Crippen molar-refractivity contribution in [2.24, 2.45) is 0 Å². The van der Waals surface area contributed by atoms with E-state index in [4.69, 9.17) is 0 Å². The molecule has 1 atom stereocenters. The molecule has 5 aromatic rings. The molecule has 0 aliphatic heterocycles. The normalized spacial score (nSPS) is 12.7. The molecule has 0 saturated heterocycles. The minimum Gasteiger partial charge on any atom is -0.392 e. The van der Waals surface area contributed by atoms with Gasteiger partial charge in [-0.1, -0.05) is 18.2 Å². The van der Waals surface area contributed by atoms with Gasteiger partial charge in [-0.15, -0.1) is 0 Å². The highest BCUT2D eigenvalue weighted by molar-refractivity contribution is 7.90. The topological polar surface area (TPSA) is 139 Å². The standard InChI is InChI=1S/C24H23N7O3S/c1-15(32)13-27-24-25-10-8-20(30-24)22-21(28-16(2)29-22)18-12-17-9-11-31(23(17)26-14-18)35(33,34)19-6-4-3-5-7-19/h3-12,14-15,32H,13H2,1-2H3,(H,28,29)(H,25,27,30)/t15-/m0/s1. The van der Waals surface area contributed by atoms with Gasteiger partial charge < -0.3 is 15.4 Å². The first kappa shape index (κ1) is 22.7. The van der Waals surface area contributed by atoms with E-state index in [0.29, 0.717) is 52.0 Å². The van der Waals surface area contributed by atoms with Gasteiger partial charge in [0.15, 0.2) is 5.65 Å². The van der Waals surface area contributed by atoms with Crippen LogP contribution in [-0.4, -0.2) is 55.1 Å². The average molecular weight is 490 g/mol. The summed E-state index contributed by atoms with van der Waals surface area (Å²) in [6, 6.07) is 13.6. The van der Waals surface area contributed by atoms with Gasteiger partial charge in [-0.25, -0.2) is 32.3 Å². The summed E-state index contributed by atoms with van der Waals surface area (Å²) in [5, 5.41) is 13.2. The van der Waals surface area contributed by atoms with Gasteiger partial charge in [0.05, 0.1) is 28.1 Å². The monoisotopic (exact) mass is 489 g/mol. The summed E-state index contributed by atoms with van der Waals surface area (Å²) in [5.74, 6) is 1.08. The highest BCUT2D eigenvalue weighted by atomic mass is 32.2. The van der Waals surface area contributed by atoms with Crippen molar-refractivity contribution >= 4 is 27.0 Å². The van der Waals surface area contributed by atoms with Crippen LogP contribution in [0.2, 0.25) is 0 Å². The van der Waals surface area contributed by atoms with Crippen LogP contribution in [-0.2, 0) is 10.0 Å². The smallest absolute Gasteiger partial charge is 0.269 e. The third-order valence-corrected chi connectivity index (χ3v) is 7.04. The molecule has 0 bridgehead atoms. The summed E-state index contributed by atoms with van der Waals surface area (Å²) in [5.41, 5.74) is 2.98. The number of nitrogens with zero attached hydrogens (tertiary/aromatic N) is 5. The Morgan fingerprint density at radius 1 is 1.11 bits per heavy atom. The number of benzene rings is 1. The number of nitrogens with one attached hydrogen (secondary N) is 2. The molecule has 4 heterocycles. The Bertz CT molecular complexity index is 1610. The summed E-state index contributed by atoms with van der Waals surface area (Å²) in [6.45, 7) is 3.84. The fraction of sp³-hybridized carbons (Fsp3) is 0.167. The van der Waals surface area contributed by atoms with Gasteiger partial charge in [0.2, 0.25) is 5.95 Å². The van der Waals surface area contributed by atoms with Crippen LogP contribution in [0.5, 0.6) is 0 Å². The maximum atomic E-state index is 13.1. The molecular weight excluding hydrogens is 466 g/mol. The zero-order chi connectivity index (χ0) is 24.6. The second kappa shape index (κ2) is 8.93. The summed E-state index contributed by atoms with van der Waals surface area (Å²) in [7, 11) is -3.77. The number of aromatic amines is 1. The van der Waals surface area contributed by atoms with Crippen molar-refractivity contribution in [2.45, 2.75) is 24.8 Å². The van der Waals surface area contributed by atoms with Crippen LogP contribution in [0.25, 0.3) is 33.7 Å². The number of pyridine rings is 1. The van der Waals surface area contributed by atoms with E-state index in [2.05, 4.69) is 30.2 Å². The molecule has 0 amide bonds. The van der Waals surface area contributed by atoms with Gasteiger partial charge in [-0.05, 0) is 44.2 Å². The van der Waals surface area contributed by atoms with Crippen LogP contribution in [0, 0.1) is 6.92 Å². The Morgan fingerprint density at radius 2 is 1.91 bits per heavy atom. The number of fused-ring (bicyclic) bond motifs is 1. The quantitative estimate of drug-likeness (QED) is 0.317.